The van der Waals surface area contributed by atoms with Crippen molar-refractivity contribution in [1.82, 2.24) is 10.2 Å². The number of ether oxygens (including phenoxy) is 1. The summed E-state index contributed by atoms with van der Waals surface area (Å²) in [5, 5.41) is 13.6. The molecule has 0 fully saturated rings. The second-order valence-corrected chi connectivity index (χ2v) is 8.19. The number of fused-ring (bicyclic) bond motifs is 1. The zero-order valence-electron chi connectivity index (χ0n) is 14.9. The standard InChI is InChI=1S/C21H17N3O2S2/c25-19(13-26-18-11-10-16-8-4-5-9-17(16)12-18)22-20-23-24-21(28-20)27-14-15-6-2-1-3-7-15/h1-12H,13-14H2,(H,22,23,25). The molecule has 1 aromatic heterocycles. The number of nitrogens with one attached hydrogen (secondary N) is 1. The maximum Gasteiger partial charge on any atom is 0.264 e. The van der Waals surface area contributed by atoms with Crippen LogP contribution in [0.1, 0.15) is 5.56 Å². The van der Waals surface area contributed by atoms with Gasteiger partial charge < -0.3 is 4.74 Å². The van der Waals surface area contributed by atoms with Crippen molar-refractivity contribution in [2.24, 2.45) is 0 Å². The monoisotopic (exact) mass is 407 g/mol. The molecule has 0 atom stereocenters. The summed E-state index contributed by atoms with van der Waals surface area (Å²) in [6.07, 6.45) is 0. The number of rotatable bonds is 7. The zero-order chi connectivity index (χ0) is 19.2. The van der Waals surface area contributed by atoms with Crippen molar-refractivity contribution >= 4 is 44.9 Å². The number of benzene rings is 3. The predicted octanol–water partition coefficient (Wildman–Crippen LogP) is 5.00. The second kappa shape index (κ2) is 8.86. The van der Waals surface area contributed by atoms with Crippen LogP contribution in [-0.4, -0.2) is 22.7 Å². The first kappa shape index (κ1) is 18.5. The molecule has 5 nitrogen and oxygen atoms in total. The lowest BCUT2D eigenvalue weighted by Crippen LogP contribution is -2.20. The van der Waals surface area contributed by atoms with E-state index in [0.717, 1.165) is 20.9 Å². The number of carbonyl (C=O) groups is 1. The normalized spacial score (nSPS) is 10.7. The number of hydrogen-bond donors (Lipinski definition) is 1. The lowest BCUT2D eigenvalue weighted by atomic mass is 10.1. The number of anilines is 1. The molecule has 140 valence electrons. The molecule has 1 amide bonds. The van der Waals surface area contributed by atoms with Crippen LogP contribution in [0.25, 0.3) is 10.8 Å². The summed E-state index contributed by atoms with van der Waals surface area (Å²) in [6, 6.07) is 23.9. The lowest BCUT2D eigenvalue weighted by molar-refractivity contribution is -0.118. The SMILES string of the molecule is O=C(COc1ccc2ccccc2c1)Nc1nnc(SCc2ccccc2)s1. The number of nitrogens with zero attached hydrogens (tertiary/aromatic N) is 2. The molecule has 28 heavy (non-hydrogen) atoms. The molecular weight excluding hydrogens is 390 g/mol. The van der Waals surface area contributed by atoms with Gasteiger partial charge in [0.05, 0.1) is 0 Å². The van der Waals surface area contributed by atoms with Gasteiger partial charge in [0.2, 0.25) is 5.13 Å². The molecule has 0 aliphatic carbocycles. The summed E-state index contributed by atoms with van der Waals surface area (Å²) in [4.78, 5) is 12.1. The Labute approximate surface area is 170 Å². The van der Waals surface area contributed by atoms with Crippen molar-refractivity contribution in [3.8, 4) is 5.75 Å². The van der Waals surface area contributed by atoms with E-state index in [-0.39, 0.29) is 12.5 Å². The Hall–Kier alpha value is -2.90. The van der Waals surface area contributed by atoms with Gasteiger partial charge in [0.25, 0.3) is 5.91 Å². The van der Waals surface area contributed by atoms with Gasteiger partial charge in [-0.15, -0.1) is 10.2 Å². The van der Waals surface area contributed by atoms with Gasteiger partial charge in [-0.1, -0.05) is 83.8 Å². The molecule has 0 unspecified atom stereocenters. The molecule has 4 aromatic rings. The molecule has 3 aromatic carbocycles. The van der Waals surface area contributed by atoms with E-state index in [0.29, 0.717) is 10.9 Å². The molecule has 0 aliphatic heterocycles. The molecule has 0 aliphatic rings. The van der Waals surface area contributed by atoms with Crippen molar-refractivity contribution in [2.75, 3.05) is 11.9 Å². The molecule has 0 saturated carbocycles. The van der Waals surface area contributed by atoms with Crippen molar-refractivity contribution in [3.63, 3.8) is 0 Å². The van der Waals surface area contributed by atoms with Crippen molar-refractivity contribution < 1.29 is 9.53 Å². The molecule has 4 rings (SSSR count). The Morgan fingerprint density at radius 1 is 0.964 bits per heavy atom. The molecule has 7 heteroatoms. The number of aromatic nitrogens is 2. The number of carbonyl (C=O) groups excluding carboxylic acids is 1. The average Bonchev–Trinajstić information content (AvgIpc) is 3.18. The second-order valence-electron chi connectivity index (χ2n) is 5.99. The van der Waals surface area contributed by atoms with E-state index in [1.165, 1.54) is 16.9 Å². The molecular formula is C21H17N3O2S2. The fourth-order valence-corrected chi connectivity index (χ4v) is 4.32. The van der Waals surface area contributed by atoms with Gasteiger partial charge in [-0.05, 0) is 28.5 Å². The third-order valence-corrected chi connectivity index (χ3v) is 5.99. The topological polar surface area (TPSA) is 64.1 Å². The first-order chi connectivity index (χ1) is 13.8. The van der Waals surface area contributed by atoms with Crippen molar-refractivity contribution in [3.05, 3.63) is 78.4 Å². The van der Waals surface area contributed by atoms with Crippen LogP contribution < -0.4 is 10.1 Å². The average molecular weight is 408 g/mol. The summed E-state index contributed by atoms with van der Waals surface area (Å²) < 4.78 is 6.41. The highest BCUT2D eigenvalue weighted by Crippen LogP contribution is 2.28. The summed E-state index contributed by atoms with van der Waals surface area (Å²) in [7, 11) is 0. The van der Waals surface area contributed by atoms with Gasteiger partial charge in [0, 0.05) is 5.75 Å². The number of hydrogen-bond acceptors (Lipinski definition) is 6. The van der Waals surface area contributed by atoms with E-state index < -0.39 is 0 Å². The van der Waals surface area contributed by atoms with E-state index in [2.05, 4.69) is 27.6 Å². The fraction of sp³-hybridized carbons (Fsp3) is 0.0952. The van der Waals surface area contributed by atoms with E-state index in [9.17, 15) is 4.79 Å². The van der Waals surface area contributed by atoms with Crippen LogP contribution in [0.2, 0.25) is 0 Å². The van der Waals surface area contributed by atoms with Crippen LogP contribution in [0.4, 0.5) is 5.13 Å². The van der Waals surface area contributed by atoms with Gasteiger partial charge >= 0.3 is 0 Å². The minimum absolute atomic E-state index is 0.0790. The summed E-state index contributed by atoms with van der Waals surface area (Å²) in [6.45, 7) is -0.0790. The Kier molecular flexibility index (Phi) is 5.84. The first-order valence-corrected chi connectivity index (χ1v) is 10.5. The minimum Gasteiger partial charge on any atom is -0.484 e. The van der Waals surface area contributed by atoms with Crippen LogP contribution in [0.15, 0.2) is 77.1 Å². The summed E-state index contributed by atoms with van der Waals surface area (Å²) >= 11 is 2.95. The van der Waals surface area contributed by atoms with E-state index in [4.69, 9.17) is 4.74 Å². The fourth-order valence-electron chi connectivity index (χ4n) is 2.60. The Bertz CT molecular complexity index is 1080. The summed E-state index contributed by atoms with van der Waals surface area (Å²) in [5.41, 5.74) is 1.22. The third-order valence-electron chi connectivity index (χ3n) is 3.95. The summed E-state index contributed by atoms with van der Waals surface area (Å²) in [5.74, 6) is 1.21. The zero-order valence-corrected chi connectivity index (χ0v) is 16.5. The number of thioether (sulfide) groups is 1. The highest BCUT2D eigenvalue weighted by Gasteiger charge is 2.10. The third kappa shape index (κ3) is 4.88. The van der Waals surface area contributed by atoms with Gasteiger partial charge in [-0.25, -0.2) is 0 Å². The largest absolute Gasteiger partial charge is 0.484 e. The van der Waals surface area contributed by atoms with Gasteiger partial charge in [0.1, 0.15) is 5.75 Å². The van der Waals surface area contributed by atoms with Gasteiger partial charge in [0.15, 0.2) is 10.9 Å². The van der Waals surface area contributed by atoms with Crippen molar-refractivity contribution in [2.45, 2.75) is 10.1 Å². The Morgan fingerprint density at radius 3 is 2.61 bits per heavy atom. The van der Waals surface area contributed by atoms with Crippen LogP contribution in [0.5, 0.6) is 5.75 Å². The molecule has 0 saturated heterocycles. The van der Waals surface area contributed by atoms with Gasteiger partial charge in [-0.2, -0.15) is 0 Å². The van der Waals surface area contributed by atoms with Crippen LogP contribution in [0.3, 0.4) is 0 Å². The minimum atomic E-state index is -0.260. The molecule has 1 N–H and O–H groups in total. The first-order valence-electron chi connectivity index (χ1n) is 8.68. The highest BCUT2D eigenvalue weighted by molar-refractivity contribution is 8.00. The van der Waals surface area contributed by atoms with Gasteiger partial charge in [-0.3, -0.25) is 10.1 Å². The number of amides is 1. The predicted molar refractivity (Wildman–Crippen MR) is 114 cm³/mol. The molecule has 1 heterocycles. The van der Waals surface area contributed by atoms with Crippen LogP contribution in [-0.2, 0) is 10.5 Å². The maximum absolute atomic E-state index is 12.1. The van der Waals surface area contributed by atoms with E-state index in [1.54, 1.807) is 11.8 Å². The van der Waals surface area contributed by atoms with E-state index >= 15 is 0 Å². The van der Waals surface area contributed by atoms with E-state index in [1.807, 2.05) is 60.7 Å². The molecule has 0 spiro atoms. The van der Waals surface area contributed by atoms with Crippen LogP contribution >= 0.6 is 23.1 Å². The Balaban J connectivity index is 1.28. The lowest BCUT2D eigenvalue weighted by Gasteiger charge is -2.06. The highest BCUT2D eigenvalue weighted by atomic mass is 32.2. The Morgan fingerprint density at radius 2 is 1.75 bits per heavy atom. The molecule has 0 bridgehead atoms. The van der Waals surface area contributed by atoms with Crippen LogP contribution in [0, 0.1) is 0 Å². The quantitative estimate of drug-likeness (QED) is 0.345. The smallest absolute Gasteiger partial charge is 0.264 e. The molecule has 0 radical (unpaired) electrons. The van der Waals surface area contributed by atoms with Crippen molar-refractivity contribution in [1.29, 1.82) is 0 Å². The maximum atomic E-state index is 12.1.